The molecule has 0 saturated carbocycles. The van der Waals surface area contributed by atoms with Gasteiger partial charge in [-0.1, -0.05) is 18.2 Å². The van der Waals surface area contributed by atoms with E-state index in [0.717, 1.165) is 22.4 Å². The number of fused-ring (bicyclic) bond motifs is 1. The quantitative estimate of drug-likeness (QED) is 0.490. The molecule has 0 atom stereocenters. The molecule has 5 heteroatoms. The van der Waals surface area contributed by atoms with Gasteiger partial charge in [-0.15, -0.1) is 4.98 Å². The first-order chi connectivity index (χ1) is 10.8. The largest absolute Gasteiger partial charge is 1.00 e. The van der Waals surface area contributed by atoms with Crippen molar-refractivity contribution in [1.82, 2.24) is 9.55 Å². The van der Waals surface area contributed by atoms with E-state index < -0.39 is 0 Å². The Labute approximate surface area is 139 Å². The van der Waals surface area contributed by atoms with Crippen LogP contribution in [0.15, 0.2) is 79.4 Å². The Hall–Kier alpha value is -2.72. The minimum Gasteiger partial charge on any atom is -1.00 e. The topological polar surface area (TPSA) is 21.7 Å². The molecule has 0 aliphatic carbocycles. The molecule has 0 N–H and O–H groups in total. The fraction of sp³-hybridized carbons (Fsp3) is 0. The van der Waals surface area contributed by atoms with E-state index in [1.54, 1.807) is 12.1 Å². The van der Waals surface area contributed by atoms with Gasteiger partial charge in [-0.3, -0.25) is 0 Å². The summed E-state index contributed by atoms with van der Waals surface area (Å²) in [6.45, 7) is 0. The van der Waals surface area contributed by atoms with Crippen LogP contribution in [0.5, 0.6) is 0 Å². The molecule has 4 rings (SSSR count). The third-order valence-corrected chi connectivity index (χ3v) is 3.61. The number of hydrogen-bond acceptors (Lipinski definition) is 1. The Morgan fingerprint density at radius 1 is 0.913 bits per heavy atom. The summed E-state index contributed by atoms with van der Waals surface area (Å²) in [5, 5.41) is 1.12. The first-order valence-electron chi connectivity index (χ1n) is 7.01. The number of pyridine rings is 1. The standard InChI is InChI=1S/C18H13FN3.ClH/c19-15-6-8-16(9-7-15)21-11-12-22(13-21)18-10-5-14-3-1-2-4-17(14)20-18;/h1-13H;1H/q+1;/p-1. The first kappa shape index (κ1) is 15.2. The van der Waals surface area contributed by atoms with E-state index in [2.05, 4.69) is 11.1 Å². The molecule has 2 aromatic carbocycles. The average Bonchev–Trinajstić information content (AvgIpc) is 3.05. The summed E-state index contributed by atoms with van der Waals surface area (Å²) < 4.78 is 16.9. The number of benzene rings is 2. The van der Waals surface area contributed by atoms with Gasteiger partial charge in [0.1, 0.15) is 23.2 Å². The van der Waals surface area contributed by atoms with Crippen LogP contribution in [0.4, 0.5) is 4.39 Å². The lowest BCUT2D eigenvalue weighted by Crippen LogP contribution is -3.00. The molecular formula is C18H13ClFN3. The van der Waals surface area contributed by atoms with Gasteiger partial charge in [-0.2, -0.15) is 0 Å². The predicted molar refractivity (Wildman–Crippen MR) is 82.6 cm³/mol. The molecule has 0 aliphatic rings. The van der Waals surface area contributed by atoms with Crippen LogP contribution < -0.4 is 17.0 Å². The van der Waals surface area contributed by atoms with Crippen molar-refractivity contribution in [1.29, 1.82) is 0 Å². The number of halogens is 2. The number of imidazole rings is 1. The number of para-hydroxylation sites is 1. The van der Waals surface area contributed by atoms with E-state index in [-0.39, 0.29) is 18.2 Å². The maximum atomic E-state index is 13.0. The zero-order chi connectivity index (χ0) is 14.9. The highest BCUT2D eigenvalue weighted by Gasteiger charge is 2.10. The van der Waals surface area contributed by atoms with E-state index in [9.17, 15) is 4.39 Å². The third kappa shape index (κ3) is 2.94. The lowest BCUT2D eigenvalue weighted by Gasteiger charge is -1.98. The highest BCUT2D eigenvalue weighted by molar-refractivity contribution is 5.78. The summed E-state index contributed by atoms with van der Waals surface area (Å²) in [6.07, 6.45) is 5.77. The van der Waals surface area contributed by atoms with Crippen molar-refractivity contribution in [3.05, 3.63) is 85.2 Å². The second-order valence-corrected chi connectivity index (χ2v) is 5.07. The van der Waals surface area contributed by atoms with Gasteiger partial charge in [0.05, 0.1) is 6.20 Å². The second-order valence-electron chi connectivity index (χ2n) is 5.07. The summed E-state index contributed by atoms with van der Waals surface area (Å²) in [6, 6.07) is 18.5. The van der Waals surface area contributed by atoms with E-state index in [1.165, 1.54) is 12.1 Å². The Morgan fingerprint density at radius 3 is 2.52 bits per heavy atom. The molecule has 0 radical (unpaired) electrons. The van der Waals surface area contributed by atoms with Crippen LogP contribution in [0.25, 0.3) is 22.4 Å². The van der Waals surface area contributed by atoms with Crippen LogP contribution in [0.2, 0.25) is 0 Å². The van der Waals surface area contributed by atoms with Crippen LogP contribution in [-0.4, -0.2) is 9.55 Å². The molecule has 4 aromatic rings. The molecule has 23 heavy (non-hydrogen) atoms. The van der Waals surface area contributed by atoms with Crippen molar-refractivity contribution in [2.24, 2.45) is 0 Å². The molecule has 114 valence electrons. The van der Waals surface area contributed by atoms with Crippen molar-refractivity contribution in [3.63, 3.8) is 0 Å². The smallest absolute Gasteiger partial charge is 0.267 e. The highest BCUT2D eigenvalue weighted by atomic mass is 35.5. The van der Waals surface area contributed by atoms with Gasteiger partial charge in [0.2, 0.25) is 0 Å². The van der Waals surface area contributed by atoms with Gasteiger partial charge >= 0.3 is 0 Å². The number of nitrogens with zero attached hydrogens (tertiary/aromatic N) is 3. The number of rotatable bonds is 2. The minimum atomic E-state index is -0.236. The van der Waals surface area contributed by atoms with E-state index in [1.807, 2.05) is 58.2 Å². The maximum Gasteiger partial charge on any atom is 0.267 e. The zero-order valence-electron chi connectivity index (χ0n) is 12.1. The fourth-order valence-electron chi connectivity index (χ4n) is 2.46. The van der Waals surface area contributed by atoms with E-state index >= 15 is 0 Å². The average molecular weight is 326 g/mol. The van der Waals surface area contributed by atoms with E-state index in [4.69, 9.17) is 0 Å². The highest BCUT2D eigenvalue weighted by Crippen LogP contribution is 2.12. The summed E-state index contributed by atoms with van der Waals surface area (Å²) in [5.74, 6) is 0.611. The Morgan fingerprint density at radius 2 is 1.70 bits per heavy atom. The van der Waals surface area contributed by atoms with Gasteiger partial charge in [0, 0.05) is 11.5 Å². The van der Waals surface area contributed by atoms with Gasteiger partial charge in [0.15, 0.2) is 6.33 Å². The maximum absolute atomic E-state index is 13.0. The van der Waals surface area contributed by atoms with Gasteiger partial charge < -0.3 is 12.4 Å². The predicted octanol–water partition coefficient (Wildman–Crippen LogP) is 0.445. The zero-order valence-corrected chi connectivity index (χ0v) is 12.9. The molecule has 0 aliphatic heterocycles. The molecule has 3 nitrogen and oxygen atoms in total. The minimum absolute atomic E-state index is 0. The third-order valence-electron chi connectivity index (χ3n) is 3.61. The molecule has 0 fully saturated rings. The second kappa shape index (κ2) is 6.18. The molecule has 0 bridgehead atoms. The first-order valence-corrected chi connectivity index (χ1v) is 7.01. The Balaban J connectivity index is 0.00000156. The lowest BCUT2D eigenvalue weighted by molar-refractivity contribution is -0.598. The van der Waals surface area contributed by atoms with Gasteiger partial charge in [-0.25, -0.2) is 13.5 Å². The number of aromatic nitrogens is 3. The van der Waals surface area contributed by atoms with Crippen molar-refractivity contribution in [2.75, 3.05) is 0 Å². The van der Waals surface area contributed by atoms with Crippen LogP contribution in [-0.2, 0) is 0 Å². The van der Waals surface area contributed by atoms with Crippen molar-refractivity contribution >= 4 is 10.9 Å². The molecule has 0 saturated heterocycles. The Bertz CT molecular complexity index is 948. The van der Waals surface area contributed by atoms with Crippen molar-refractivity contribution in [2.45, 2.75) is 0 Å². The molecule has 0 spiro atoms. The van der Waals surface area contributed by atoms with Crippen LogP contribution in [0, 0.1) is 5.82 Å². The molecule has 0 amide bonds. The van der Waals surface area contributed by atoms with E-state index in [0.29, 0.717) is 0 Å². The summed E-state index contributed by atoms with van der Waals surface area (Å²) in [5.41, 5.74) is 1.86. The van der Waals surface area contributed by atoms with Crippen molar-refractivity contribution < 1.29 is 21.4 Å². The number of hydrogen-bond donors (Lipinski definition) is 0. The lowest BCUT2D eigenvalue weighted by atomic mass is 10.2. The monoisotopic (exact) mass is 325 g/mol. The summed E-state index contributed by atoms with van der Waals surface area (Å²) >= 11 is 0. The van der Waals surface area contributed by atoms with Gasteiger partial charge in [0.25, 0.3) is 5.82 Å². The summed E-state index contributed by atoms with van der Waals surface area (Å²) in [7, 11) is 0. The molecule has 0 unspecified atom stereocenters. The van der Waals surface area contributed by atoms with Gasteiger partial charge in [-0.05, 0) is 36.4 Å². The van der Waals surface area contributed by atoms with Crippen LogP contribution in [0.1, 0.15) is 0 Å². The SMILES string of the molecule is Fc1ccc(-n2cc[n+](-c3ccc4ccccc4n3)c2)cc1.[Cl-]. The molecule has 2 aromatic heterocycles. The molecular weight excluding hydrogens is 313 g/mol. The van der Waals surface area contributed by atoms with Crippen LogP contribution in [0.3, 0.4) is 0 Å². The summed E-state index contributed by atoms with van der Waals surface area (Å²) in [4.78, 5) is 4.66. The fourth-order valence-corrected chi connectivity index (χ4v) is 2.46. The normalized spacial score (nSPS) is 10.5. The van der Waals surface area contributed by atoms with Crippen molar-refractivity contribution in [3.8, 4) is 11.5 Å². The molecule has 2 heterocycles. The Kier molecular flexibility index (Phi) is 4.08. The van der Waals surface area contributed by atoms with Crippen LogP contribution >= 0.6 is 0 Å².